The number of hydrogen-bond donors (Lipinski definition) is 0. The highest BCUT2D eigenvalue weighted by Gasteiger charge is 2.26. The summed E-state index contributed by atoms with van der Waals surface area (Å²) >= 11 is 3.63. The van der Waals surface area contributed by atoms with Gasteiger partial charge in [0.25, 0.3) is 0 Å². The fourth-order valence-corrected chi connectivity index (χ4v) is 2.79. The van der Waals surface area contributed by atoms with Crippen molar-refractivity contribution in [2.45, 2.75) is 43.9 Å². The summed E-state index contributed by atoms with van der Waals surface area (Å²) in [6.07, 6.45) is 7.04. The minimum absolute atomic E-state index is 0.866. The number of hydrogen-bond acceptors (Lipinski definition) is 0. The topological polar surface area (TPSA) is 0 Å². The van der Waals surface area contributed by atoms with E-state index in [2.05, 4.69) is 34.1 Å². The predicted molar refractivity (Wildman–Crippen MR) is 62.7 cm³/mol. The van der Waals surface area contributed by atoms with Crippen molar-refractivity contribution >= 4 is 15.9 Å². The van der Waals surface area contributed by atoms with Gasteiger partial charge in [0.05, 0.1) is 0 Å². The summed E-state index contributed by atoms with van der Waals surface area (Å²) in [5.41, 5.74) is 3.15. The summed E-state index contributed by atoms with van der Waals surface area (Å²) in [6.45, 7) is 0. The number of halogens is 1. The maximum atomic E-state index is 3.63. The largest absolute Gasteiger partial charge is 0.0552 e. The van der Waals surface area contributed by atoms with E-state index in [1.165, 1.54) is 36.6 Å². The first-order valence-electron chi connectivity index (χ1n) is 5.63. The Balaban J connectivity index is 1.93. The minimum atomic E-state index is 0.866. The zero-order valence-electron chi connectivity index (χ0n) is 8.30. The lowest BCUT2D eigenvalue weighted by Crippen LogP contribution is -2.08. The Morgan fingerprint density at radius 1 is 0.857 bits per heavy atom. The van der Waals surface area contributed by atoms with Crippen LogP contribution in [0.15, 0.2) is 22.7 Å². The van der Waals surface area contributed by atoms with Gasteiger partial charge < -0.3 is 0 Å². The molecule has 0 atom stereocenters. The molecule has 14 heavy (non-hydrogen) atoms. The van der Waals surface area contributed by atoms with E-state index in [4.69, 9.17) is 0 Å². The Morgan fingerprint density at radius 3 is 1.86 bits per heavy atom. The Hall–Kier alpha value is -0.300. The average molecular weight is 251 g/mol. The summed E-state index contributed by atoms with van der Waals surface area (Å²) < 4.78 is 1.28. The van der Waals surface area contributed by atoms with Crippen molar-refractivity contribution in [3.8, 4) is 0 Å². The van der Waals surface area contributed by atoms with Gasteiger partial charge in [0.1, 0.15) is 0 Å². The Morgan fingerprint density at radius 2 is 1.43 bits per heavy atom. The Bertz CT molecular complexity index is 348. The zero-order chi connectivity index (χ0) is 9.54. The van der Waals surface area contributed by atoms with E-state index in [-0.39, 0.29) is 0 Å². The second kappa shape index (κ2) is 3.37. The zero-order valence-corrected chi connectivity index (χ0v) is 9.89. The van der Waals surface area contributed by atoms with Crippen LogP contribution in [0.4, 0.5) is 0 Å². The molecule has 3 rings (SSSR count). The molecule has 1 heteroatoms. The molecule has 2 fully saturated rings. The first-order chi connectivity index (χ1) is 6.83. The molecule has 0 radical (unpaired) electrons. The monoisotopic (exact) mass is 250 g/mol. The van der Waals surface area contributed by atoms with Crippen LogP contribution in [-0.4, -0.2) is 0 Å². The van der Waals surface area contributed by atoms with Crippen molar-refractivity contribution in [2.75, 3.05) is 0 Å². The summed E-state index contributed by atoms with van der Waals surface area (Å²) in [6, 6.07) is 7.07. The van der Waals surface area contributed by atoms with Gasteiger partial charge in [-0.25, -0.2) is 0 Å². The summed E-state index contributed by atoms with van der Waals surface area (Å²) in [4.78, 5) is 0. The molecule has 2 aliphatic carbocycles. The van der Waals surface area contributed by atoms with Crippen LogP contribution in [0, 0.1) is 0 Å². The van der Waals surface area contributed by atoms with Crippen LogP contribution in [0.5, 0.6) is 0 Å². The molecular weight excluding hydrogens is 236 g/mol. The Kier molecular flexibility index (Phi) is 2.16. The molecule has 1 aromatic rings. The van der Waals surface area contributed by atoms with Gasteiger partial charge >= 0.3 is 0 Å². The van der Waals surface area contributed by atoms with E-state index in [0.29, 0.717) is 0 Å². The van der Waals surface area contributed by atoms with E-state index >= 15 is 0 Å². The van der Waals surface area contributed by atoms with Crippen LogP contribution in [0.1, 0.15) is 55.1 Å². The molecule has 0 saturated heterocycles. The van der Waals surface area contributed by atoms with Crippen molar-refractivity contribution in [3.05, 3.63) is 33.8 Å². The van der Waals surface area contributed by atoms with Gasteiger partial charge in [0.15, 0.2) is 0 Å². The SMILES string of the molecule is Brc1cc(C2CCC2)cc(C2CC2)c1. The second-order valence-corrected chi connectivity index (χ2v) is 5.64. The average Bonchev–Trinajstić information content (AvgIpc) is 2.80. The lowest BCUT2D eigenvalue weighted by molar-refractivity contribution is 0.419. The normalized spacial score (nSPS) is 22.1. The number of benzene rings is 1. The summed E-state index contributed by atoms with van der Waals surface area (Å²) in [5, 5.41) is 0. The Labute approximate surface area is 93.8 Å². The maximum absolute atomic E-state index is 3.63. The summed E-state index contributed by atoms with van der Waals surface area (Å²) in [5.74, 6) is 1.75. The van der Waals surface area contributed by atoms with E-state index in [1.807, 2.05) is 0 Å². The molecular formula is C13H15Br. The van der Waals surface area contributed by atoms with Gasteiger partial charge in [-0.05, 0) is 60.8 Å². The van der Waals surface area contributed by atoms with Crippen molar-refractivity contribution in [1.82, 2.24) is 0 Å². The van der Waals surface area contributed by atoms with Crippen molar-refractivity contribution in [2.24, 2.45) is 0 Å². The standard InChI is InChI=1S/C13H15Br/c14-13-7-11(9-2-1-3-9)6-12(8-13)10-4-5-10/h6-10H,1-5H2. The molecule has 0 heterocycles. The third-order valence-corrected chi connectivity index (χ3v) is 4.03. The molecule has 1 aromatic carbocycles. The molecule has 0 bridgehead atoms. The highest BCUT2D eigenvalue weighted by Crippen LogP contribution is 2.44. The minimum Gasteiger partial charge on any atom is -0.0552 e. The molecule has 2 aliphatic rings. The molecule has 0 unspecified atom stereocenters. The van der Waals surface area contributed by atoms with Crippen LogP contribution in [-0.2, 0) is 0 Å². The second-order valence-electron chi connectivity index (χ2n) is 4.72. The third-order valence-electron chi connectivity index (χ3n) is 3.57. The van der Waals surface area contributed by atoms with Crippen molar-refractivity contribution in [1.29, 1.82) is 0 Å². The molecule has 2 saturated carbocycles. The lowest BCUT2D eigenvalue weighted by atomic mass is 9.79. The fraction of sp³-hybridized carbons (Fsp3) is 0.538. The molecule has 0 N–H and O–H groups in total. The number of rotatable bonds is 2. The van der Waals surface area contributed by atoms with Crippen molar-refractivity contribution < 1.29 is 0 Å². The van der Waals surface area contributed by atoms with E-state index < -0.39 is 0 Å². The highest BCUT2D eigenvalue weighted by molar-refractivity contribution is 9.10. The van der Waals surface area contributed by atoms with Gasteiger partial charge in [0, 0.05) is 4.47 Å². The fourth-order valence-electron chi connectivity index (χ4n) is 2.27. The van der Waals surface area contributed by atoms with Crippen LogP contribution in [0.3, 0.4) is 0 Å². The quantitative estimate of drug-likeness (QED) is 0.720. The first kappa shape index (κ1) is 8.96. The molecule has 0 amide bonds. The van der Waals surface area contributed by atoms with Crippen molar-refractivity contribution in [3.63, 3.8) is 0 Å². The smallest absolute Gasteiger partial charge is 0.0180 e. The van der Waals surface area contributed by atoms with Gasteiger partial charge in [-0.3, -0.25) is 0 Å². The highest BCUT2D eigenvalue weighted by atomic mass is 79.9. The maximum Gasteiger partial charge on any atom is 0.0180 e. The lowest BCUT2D eigenvalue weighted by Gasteiger charge is -2.26. The molecule has 0 nitrogen and oxygen atoms in total. The summed E-state index contributed by atoms with van der Waals surface area (Å²) in [7, 11) is 0. The van der Waals surface area contributed by atoms with Gasteiger partial charge in [0.2, 0.25) is 0 Å². The molecule has 0 aliphatic heterocycles. The van der Waals surface area contributed by atoms with Crippen LogP contribution >= 0.6 is 15.9 Å². The van der Waals surface area contributed by atoms with E-state index in [1.54, 1.807) is 11.1 Å². The third kappa shape index (κ3) is 1.63. The van der Waals surface area contributed by atoms with E-state index in [0.717, 1.165) is 11.8 Å². The molecule has 0 spiro atoms. The first-order valence-corrected chi connectivity index (χ1v) is 6.42. The van der Waals surface area contributed by atoms with Gasteiger partial charge in [-0.15, -0.1) is 0 Å². The van der Waals surface area contributed by atoms with Gasteiger partial charge in [-0.1, -0.05) is 28.4 Å². The predicted octanol–water partition coefficient (Wildman–Crippen LogP) is 4.59. The van der Waals surface area contributed by atoms with Crippen LogP contribution in [0.2, 0.25) is 0 Å². The van der Waals surface area contributed by atoms with E-state index in [9.17, 15) is 0 Å². The van der Waals surface area contributed by atoms with Crippen LogP contribution in [0.25, 0.3) is 0 Å². The van der Waals surface area contributed by atoms with Crippen LogP contribution < -0.4 is 0 Å². The molecule has 0 aromatic heterocycles. The van der Waals surface area contributed by atoms with Gasteiger partial charge in [-0.2, -0.15) is 0 Å². The molecule has 74 valence electrons.